The van der Waals surface area contributed by atoms with Crippen LogP contribution < -0.4 is 0 Å². The molecule has 0 bridgehead atoms. The lowest BCUT2D eigenvalue weighted by molar-refractivity contribution is -0.146. The van der Waals surface area contributed by atoms with E-state index in [1.165, 1.54) is 0 Å². The average Bonchev–Trinajstić information content (AvgIpc) is 2.40. The van der Waals surface area contributed by atoms with E-state index in [1.54, 1.807) is 0 Å². The fourth-order valence-electron chi connectivity index (χ4n) is 3.29. The molecule has 0 spiro atoms. The summed E-state index contributed by atoms with van der Waals surface area (Å²) < 4.78 is 0. The number of carboxylic acids is 1. The molecule has 5 nitrogen and oxygen atoms in total. The van der Waals surface area contributed by atoms with Crippen LogP contribution in [0.4, 0.5) is 0 Å². The second-order valence-electron chi connectivity index (χ2n) is 6.09. The SMILES string of the molecule is O=C(O)C1CCCC(C(=O)N(CCCO)C2CCC2)C1. The van der Waals surface area contributed by atoms with Gasteiger partial charge in [0.15, 0.2) is 0 Å². The first-order valence-corrected chi connectivity index (χ1v) is 7.77. The van der Waals surface area contributed by atoms with Crippen molar-refractivity contribution < 1.29 is 19.8 Å². The number of carboxylic acid groups (broad SMARTS) is 1. The number of rotatable bonds is 6. The number of aliphatic carboxylic acids is 1. The van der Waals surface area contributed by atoms with Crippen molar-refractivity contribution in [3.05, 3.63) is 0 Å². The Kier molecular flexibility index (Phi) is 5.40. The van der Waals surface area contributed by atoms with Crippen LogP contribution in [0.25, 0.3) is 0 Å². The fraction of sp³-hybridized carbons (Fsp3) is 0.867. The lowest BCUT2D eigenvalue weighted by Gasteiger charge is -2.40. The summed E-state index contributed by atoms with van der Waals surface area (Å²) in [5.41, 5.74) is 0. The molecule has 2 N–H and O–H groups in total. The molecule has 1 amide bonds. The zero-order chi connectivity index (χ0) is 14.5. The van der Waals surface area contributed by atoms with Gasteiger partial charge < -0.3 is 15.1 Å². The highest BCUT2D eigenvalue weighted by atomic mass is 16.4. The van der Waals surface area contributed by atoms with Crippen LogP contribution in [0.1, 0.15) is 51.4 Å². The molecule has 0 aromatic rings. The molecule has 0 saturated heterocycles. The van der Waals surface area contributed by atoms with Crippen LogP contribution in [0.5, 0.6) is 0 Å². The predicted molar refractivity (Wildman–Crippen MR) is 74.1 cm³/mol. The Bertz CT molecular complexity index is 354. The number of aliphatic hydroxyl groups is 1. The zero-order valence-electron chi connectivity index (χ0n) is 12.0. The van der Waals surface area contributed by atoms with Gasteiger partial charge in [-0.1, -0.05) is 6.42 Å². The van der Waals surface area contributed by atoms with Crippen molar-refractivity contribution in [3.63, 3.8) is 0 Å². The van der Waals surface area contributed by atoms with E-state index in [0.717, 1.165) is 32.1 Å². The summed E-state index contributed by atoms with van der Waals surface area (Å²) in [5.74, 6) is -1.15. The van der Waals surface area contributed by atoms with Gasteiger partial charge in [0, 0.05) is 25.1 Å². The van der Waals surface area contributed by atoms with Crippen LogP contribution >= 0.6 is 0 Å². The van der Waals surface area contributed by atoms with Crippen molar-refractivity contribution in [1.82, 2.24) is 4.90 Å². The maximum atomic E-state index is 12.7. The maximum Gasteiger partial charge on any atom is 0.306 e. The Morgan fingerprint density at radius 3 is 2.25 bits per heavy atom. The molecule has 2 unspecified atom stereocenters. The molecule has 114 valence electrons. The first-order valence-electron chi connectivity index (χ1n) is 7.77. The third kappa shape index (κ3) is 3.51. The van der Waals surface area contributed by atoms with Gasteiger partial charge in [0.25, 0.3) is 0 Å². The van der Waals surface area contributed by atoms with Gasteiger partial charge >= 0.3 is 5.97 Å². The van der Waals surface area contributed by atoms with Crippen LogP contribution in [0.3, 0.4) is 0 Å². The molecule has 2 atom stereocenters. The first-order chi connectivity index (χ1) is 9.63. The lowest BCUT2D eigenvalue weighted by Crippen LogP contribution is -2.48. The van der Waals surface area contributed by atoms with E-state index in [0.29, 0.717) is 31.8 Å². The van der Waals surface area contributed by atoms with E-state index >= 15 is 0 Å². The molecule has 0 aromatic carbocycles. The van der Waals surface area contributed by atoms with Gasteiger partial charge in [-0.2, -0.15) is 0 Å². The van der Waals surface area contributed by atoms with Crippen LogP contribution in [0.2, 0.25) is 0 Å². The van der Waals surface area contributed by atoms with Crippen LogP contribution in [-0.4, -0.2) is 46.2 Å². The second-order valence-corrected chi connectivity index (χ2v) is 6.09. The first kappa shape index (κ1) is 15.3. The molecule has 2 fully saturated rings. The summed E-state index contributed by atoms with van der Waals surface area (Å²) in [6.45, 7) is 0.702. The molecule has 2 aliphatic rings. The molecule has 2 rings (SSSR count). The number of carbonyl (C=O) groups excluding carboxylic acids is 1. The number of hydrogen-bond donors (Lipinski definition) is 2. The monoisotopic (exact) mass is 283 g/mol. The lowest BCUT2D eigenvalue weighted by atomic mass is 9.80. The summed E-state index contributed by atoms with van der Waals surface area (Å²) in [5, 5.41) is 18.1. The Labute approximate surface area is 120 Å². The summed E-state index contributed by atoms with van der Waals surface area (Å²) in [4.78, 5) is 25.7. The van der Waals surface area contributed by atoms with Crippen molar-refractivity contribution in [1.29, 1.82) is 0 Å². The normalized spacial score (nSPS) is 26.9. The average molecular weight is 283 g/mol. The highest BCUT2D eigenvalue weighted by molar-refractivity contribution is 5.80. The third-order valence-electron chi connectivity index (χ3n) is 4.73. The van der Waals surface area contributed by atoms with Crippen molar-refractivity contribution >= 4 is 11.9 Å². The standard InChI is InChI=1S/C15H25NO4/c17-9-3-8-16(13-6-2-7-13)14(18)11-4-1-5-12(10-11)15(19)20/h11-13,17H,1-10H2,(H,19,20). The Morgan fingerprint density at radius 1 is 1.05 bits per heavy atom. The molecule has 0 radical (unpaired) electrons. The second kappa shape index (κ2) is 7.07. The van der Waals surface area contributed by atoms with Crippen molar-refractivity contribution in [2.75, 3.05) is 13.2 Å². The molecule has 0 aliphatic heterocycles. The van der Waals surface area contributed by atoms with E-state index < -0.39 is 5.97 Å². The minimum absolute atomic E-state index is 0.0961. The molecular weight excluding hydrogens is 258 g/mol. The van der Waals surface area contributed by atoms with Gasteiger partial charge in [0.1, 0.15) is 0 Å². The fourth-order valence-corrected chi connectivity index (χ4v) is 3.29. The minimum Gasteiger partial charge on any atom is -0.481 e. The molecular formula is C15H25NO4. The third-order valence-corrected chi connectivity index (χ3v) is 4.73. The van der Waals surface area contributed by atoms with E-state index in [9.17, 15) is 9.59 Å². The highest BCUT2D eigenvalue weighted by Crippen LogP contribution is 2.33. The Hall–Kier alpha value is -1.10. The molecule has 2 saturated carbocycles. The number of amides is 1. The largest absolute Gasteiger partial charge is 0.481 e. The summed E-state index contributed by atoms with van der Waals surface area (Å²) >= 11 is 0. The van der Waals surface area contributed by atoms with Crippen LogP contribution in [-0.2, 0) is 9.59 Å². The van der Waals surface area contributed by atoms with E-state index in [-0.39, 0.29) is 24.3 Å². The van der Waals surface area contributed by atoms with Gasteiger partial charge in [0.2, 0.25) is 5.91 Å². The minimum atomic E-state index is -0.770. The topological polar surface area (TPSA) is 77.8 Å². The van der Waals surface area contributed by atoms with Crippen molar-refractivity contribution in [3.8, 4) is 0 Å². The van der Waals surface area contributed by atoms with Gasteiger partial charge in [-0.3, -0.25) is 9.59 Å². The molecule has 0 heterocycles. The van der Waals surface area contributed by atoms with Gasteiger partial charge in [0.05, 0.1) is 5.92 Å². The number of aliphatic hydroxyl groups excluding tert-OH is 1. The summed E-state index contributed by atoms with van der Waals surface area (Å²) in [6.07, 6.45) is 6.68. The van der Waals surface area contributed by atoms with Gasteiger partial charge in [-0.15, -0.1) is 0 Å². The number of carbonyl (C=O) groups is 2. The molecule has 2 aliphatic carbocycles. The van der Waals surface area contributed by atoms with Crippen LogP contribution in [0, 0.1) is 11.8 Å². The molecule has 0 aromatic heterocycles. The van der Waals surface area contributed by atoms with Crippen molar-refractivity contribution in [2.45, 2.75) is 57.4 Å². The molecule has 5 heteroatoms. The highest BCUT2D eigenvalue weighted by Gasteiger charge is 2.36. The van der Waals surface area contributed by atoms with Crippen LogP contribution in [0.15, 0.2) is 0 Å². The zero-order valence-corrected chi connectivity index (χ0v) is 12.0. The quantitative estimate of drug-likeness (QED) is 0.777. The molecule has 20 heavy (non-hydrogen) atoms. The summed E-state index contributed by atoms with van der Waals surface area (Å²) in [6, 6.07) is 0.319. The smallest absolute Gasteiger partial charge is 0.306 e. The van der Waals surface area contributed by atoms with Gasteiger partial charge in [-0.25, -0.2) is 0 Å². The Balaban J connectivity index is 1.96. The number of nitrogens with zero attached hydrogens (tertiary/aromatic N) is 1. The van der Waals surface area contributed by atoms with Crippen molar-refractivity contribution in [2.24, 2.45) is 11.8 Å². The van der Waals surface area contributed by atoms with E-state index in [1.807, 2.05) is 4.90 Å². The summed E-state index contributed by atoms with van der Waals surface area (Å²) in [7, 11) is 0. The van der Waals surface area contributed by atoms with E-state index in [2.05, 4.69) is 0 Å². The van der Waals surface area contributed by atoms with Gasteiger partial charge in [-0.05, 0) is 44.9 Å². The van der Waals surface area contributed by atoms with E-state index in [4.69, 9.17) is 10.2 Å². The predicted octanol–water partition coefficient (Wildman–Crippen LogP) is 1.64. The Morgan fingerprint density at radius 2 is 1.70 bits per heavy atom. The maximum absolute atomic E-state index is 12.7. The number of hydrogen-bond acceptors (Lipinski definition) is 3.